The van der Waals surface area contributed by atoms with Crippen LogP contribution in [-0.4, -0.2) is 17.7 Å². The molecule has 0 radical (unpaired) electrons. The van der Waals surface area contributed by atoms with E-state index in [0.717, 1.165) is 0 Å². The zero-order valence-corrected chi connectivity index (χ0v) is 11.0. The summed E-state index contributed by atoms with van der Waals surface area (Å²) in [6.07, 6.45) is 0. The summed E-state index contributed by atoms with van der Waals surface area (Å²) in [5, 5.41) is 22.0. The fraction of sp³-hybridized carbons (Fsp3) is 0. The predicted molar refractivity (Wildman–Crippen MR) is 76.0 cm³/mol. The molecular weight excluding hydrogens is 284 g/mol. The van der Waals surface area contributed by atoms with Gasteiger partial charge in [0.2, 0.25) is 5.71 Å². The third kappa shape index (κ3) is 1.94. The topological polar surface area (TPSA) is 115 Å². The quantitative estimate of drug-likeness (QED) is 0.391. The molecule has 2 aromatic carbocycles. The van der Waals surface area contributed by atoms with Crippen LogP contribution < -0.4 is 5.43 Å². The van der Waals surface area contributed by atoms with Crippen molar-refractivity contribution in [2.24, 2.45) is 5.10 Å². The minimum Gasteiger partial charge on any atom is -0.386 e. The van der Waals surface area contributed by atoms with E-state index < -0.39 is 11.9 Å². The van der Waals surface area contributed by atoms with Gasteiger partial charge in [-0.3, -0.25) is 5.43 Å². The lowest BCUT2D eigenvalue weighted by Crippen LogP contribution is -2.19. The Morgan fingerprint density at radius 1 is 1.05 bits per heavy atom. The van der Waals surface area contributed by atoms with Crippen molar-refractivity contribution in [2.45, 2.75) is 0 Å². The van der Waals surface area contributed by atoms with E-state index in [1.165, 1.54) is 6.07 Å². The lowest BCUT2D eigenvalue weighted by atomic mass is 9.96. The van der Waals surface area contributed by atoms with Crippen molar-refractivity contribution in [3.8, 4) is 12.1 Å². The van der Waals surface area contributed by atoms with E-state index in [-0.39, 0.29) is 16.8 Å². The van der Waals surface area contributed by atoms with Crippen LogP contribution in [0.3, 0.4) is 0 Å². The maximum absolute atomic E-state index is 11.8. The SMILES string of the molecule is N#CC(C#N)=NNc1ccc2c3c(cccc13)C(=O)OC2=O. The van der Waals surface area contributed by atoms with Crippen molar-refractivity contribution in [3.63, 3.8) is 0 Å². The van der Waals surface area contributed by atoms with E-state index in [0.29, 0.717) is 16.5 Å². The van der Waals surface area contributed by atoms with Crippen molar-refractivity contribution < 1.29 is 14.3 Å². The number of cyclic esters (lactones) is 2. The second-order valence-corrected chi connectivity index (χ2v) is 4.36. The van der Waals surface area contributed by atoms with Gasteiger partial charge in [0, 0.05) is 10.8 Å². The smallest absolute Gasteiger partial charge is 0.346 e. The van der Waals surface area contributed by atoms with Gasteiger partial charge in [0.05, 0.1) is 16.8 Å². The molecule has 1 N–H and O–H groups in total. The molecule has 0 saturated carbocycles. The van der Waals surface area contributed by atoms with Crippen molar-refractivity contribution in [3.05, 3.63) is 41.5 Å². The van der Waals surface area contributed by atoms with Gasteiger partial charge in [-0.2, -0.15) is 15.6 Å². The highest BCUT2D eigenvalue weighted by atomic mass is 16.6. The molecule has 2 aromatic rings. The summed E-state index contributed by atoms with van der Waals surface area (Å²) >= 11 is 0. The number of carbonyl (C=O) groups excluding carboxylic acids is 2. The number of anilines is 1. The van der Waals surface area contributed by atoms with Gasteiger partial charge in [0.1, 0.15) is 12.1 Å². The highest BCUT2D eigenvalue weighted by molar-refractivity contribution is 6.22. The van der Waals surface area contributed by atoms with E-state index in [1.54, 1.807) is 36.4 Å². The minimum absolute atomic E-state index is 0.278. The molecule has 7 nitrogen and oxygen atoms in total. The molecule has 0 amide bonds. The Bertz CT molecular complexity index is 911. The Morgan fingerprint density at radius 3 is 2.41 bits per heavy atom. The third-order valence-corrected chi connectivity index (χ3v) is 3.17. The standard InChI is InChI=1S/C15H6N4O3/c16-6-8(7-17)18-19-12-5-4-11-13-9(12)2-1-3-10(13)14(20)22-15(11)21/h1-5,19H. The Kier molecular flexibility index (Phi) is 3.02. The lowest BCUT2D eigenvalue weighted by molar-refractivity contribution is 0.0391. The van der Waals surface area contributed by atoms with Crippen LogP contribution in [0, 0.1) is 22.7 Å². The van der Waals surface area contributed by atoms with Gasteiger partial charge in [-0.1, -0.05) is 12.1 Å². The number of ether oxygens (including phenoxy) is 1. The number of rotatable bonds is 2. The van der Waals surface area contributed by atoms with Gasteiger partial charge in [-0.05, 0) is 18.2 Å². The summed E-state index contributed by atoms with van der Waals surface area (Å²) in [6, 6.07) is 11.2. The first-order valence-electron chi connectivity index (χ1n) is 6.12. The summed E-state index contributed by atoms with van der Waals surface area (Å²) in [7, 11) is 0. The molecule has 1 heterocycles. The number of hydrogen-bond acceptors (Lipinski definition) is 7. The van der Waals surface area contributed by atoms with Crippen molar-refractivity contribution in [2.75, 3.05) is 5.43 Å². The zero-order valence-electron chi connectivity index (χ0n) is 11.0. The Balaban J connectivity index is 2.22. The number of nitrogens with zero attached hydrogens (tertiary/aromatic N) is 3. The van der Waals surface area contributed by atoms with Crippen molar-refractivity contribution in [1.29, 1.82) is 10.5 Å². The largest absolute Gasteiger partial charge is 0.386 e. The molecule has 104 valence electrons. The van der Waals surface area contributed by atoms with Crippen molar-refractivity contribution >= 4 is 34.1 Å². The Hall–Kier alpha value is -3.71. The van der Waals surface area contributed by atoms with Crippen LogP contribution in [0.1, 0.15) is 20.7 Å². The summed E-state index contributed by atoms with van der Waals surface area (Å²) in [6.45, 7) is 0. The van der Waals surface area contributed by atoms with Gasteiger partial charge < -0.3 is 4.74 Å². The number of nitriles is 2. The molecule has 0 spiro atoms. The lowest BCUT2D eigenvalue weighted by Gasteiger charge is -2.16. The highest BCUT2D eigenvalue weighted by Crippen LogP contribution is 2.33. The van der Waals surface area contributed by atoms with Gasteiger partial charge in [0.25, 0.3) is 0 Å². The van der Waals surface area contributed by atoms with Gasteiger partial charge in [0.15, 0.2) is 0 Å². The van der Waals surface area contributed by atoms with Crippen LogP contribution in [0.15, 0.2) is 35.4 Å². The maximum Gasteiger partial charge on any atom is 0.346 e. The molecule has 0 atom stereocenters. The van der Waals surface area contributed by atoms with E-state index in [1.807, 2.05) is 0 Å². The molecule has 0 aromatic heterocycles. The van der Waals surface area contributed by atoms with Gasteiger partial charge in [-0.15, -0.1) is 0 Å². The Labute approximate surface area is 124 Å². The number of nitrogens with one attached hydrogen (secondary N) is 1. The first kappa shape index (κ1) is 13.3. The van der Waals surface area contributed by atoms with Crippen LogP contribution in [0.25, 0.3) is 10.8 Å². The fourth-order valence-corrected chi connectivity index (χ4v) is 2.23. The average Bonchev–Trinajstić information content (AvgIpc) is 2.54. The second kappa shape index (κ2) is 5.00. The Morgan fingerprint density at radius 2 is 1.73 bits per heavy atom. The molecule has 0 bridgehead atoms. The van der Waals surface area contributed by atoms with Crippen LogP contribution >= 0.6 is 0 Å². The first-order chi connectivity index (χ1) is 10.7. The van der Waals surface area contributed by atoms with E-state index in [2.05, 4.69) is 15.3 Å². The zero-order chi connectivity index (χ0) is 15.7. The molecule has 0 fully saturated rings. The predicted octanol–water partition coefficient (Wildman–Crippen LogP) is 1.97. The van der Waals surface area contributed by atoms with Crippen LogP contribution in [0.2, 0.25) is 0 Å². The van der Waals surface area contributed by atoms with Crippen LogP contribution in [-0.2, 0) is 4.74 Å². The third-order valence-electron chi connectivity index (χ3n) is 3.17. The number of hydrazone groups is 1. The van der Waals surface area contributed by atoms with Crippen LogP contribution in [0.4, 0.5) is 5.69 Å². The van der Waals surface area contributed by atoms with E-state index >= 15 is 0 Å². The molecule has 1 aliphatic heterocycles. The molecule has 0 aliphatic carbocycles. The molecular formula is C15H6N4O3. The summed E-state index contributed by atoms with van der Waals surface area (Å²) < 4.78 is 4.66. The molecule has 22 heavy (non-hydrogen) atoms. The summed E-state index contributed by atoms with van der Waals surface area (Å²) in [5.41, 5.74) is 3.28. The van der Waals surface area contributed by atoms with E-state index in [9.17, 15) is 9.59 Å². The maximum atomic E-state index is 11.8. The monoisotopic (exact) mass is 290 g/mol. The first-order valence-corrected chi connectivity index (χ1v) is 6.12. The molecule has 7 heteroatoms. The average molecular weight is 290 g/mol. The second-order valence-electron chi connectivity index (χ2n) is 4.36. The summed E-state index contributed by atoms with van der Waals surface area (Å²) in [4.78, 5) is 23.6. The molecule has 0 unspecified atom stereocenters. The van der Waals surface area contributed by atoms with Gasteiger partial charge in [-0.25, -0.2) is 9.59 Å². The summed E-state index contributed by atoms with van der Waals surface area (Å²) in [5.74, 6) is -1.42. The van der Waals surface area contributed by atoms with Gasteiger partial charge >= 0.3 is 11.9 Å². The molecule has 1 aliphatic rings. The number of benzene rings is 2. The highest BCUT2D eigenvalue weighted by Gasteiger charge is 2.27. The van der Waals surface area contributed by atoms with E-state index in [4.69, 9.17) is 10.5 Å². The minimum atomic E-state index is -0.710. The molecule has 0 saturated heterocycles. The fourth-order valence-electron chi connectivity index (χ4n) is 2.23. The van der Waals surface area contributed by atoms with Crippen molar-refractivity contribution in [1.82, 2.24) is 0 Å². The number of hydrogen-bond donors (Lipinski definition) is 1. The number of carbonyl (C=O) groups is 2. The van der Waals surface area contributed by atoms with Crippen LogP contribution in [0.5, 0.6) is 0 Å². The normalized spacial score (nSPS) is 12.1. The molecule has 3 rings (SSSR count). The number of esters is 2.